The van der Waals surface area contributed by atoms with E-state index in [4.69, 9.17) is 0 Å². The van der Waals surface area contributed by atoms with Crippen LogP contribution < -0.4 is 5.32 Å². The zero-order valence-corrected chi connectivity index (χ0v) is 19.5. The van der Waals surface area contributed by atoms with Gasteiger partial charge in [-0.05, 0) is 56.2 Å². The van der Waals surface area contributed by atoms with Crippen molar-refractivity contribution in [3.8, 4) is 0 Å². The van der Waals surface area contributed by atoms with Crippen molar-refractivity contribution in [2.24, 2.45) is 0 Å². The van der Waals surface area contributed by atoms with Crippen LogP contribution in [-0.4, -0.2) is 55.9 Å². The molecule has 168 valence electrons. The maximum absolute atomic E-state index is 13.6. The number of amides is 2. The fourth-order valence-corrected chi connectivity index (χ4v) is 5.66. The van der Waals surface area contributed by atoms with E-state index in [2.05, 4.69) is 17.2 Å². The summed E-state index contributed by atoms with van der Waals surface area (Å²) in [5.74, 6) is 2.41. The minimum Gasteiger partial charge on any atom is -0.351 e. The van der Waals surface area contributed by atoms with Crippen molar-refractivity contribution in [3.05, 3.63) is 30.1 Å². The Bertz CT molecular complexity index is 937. The van der Waals surface area contributed by atoms with Crippen molar-refractivity contribution in [1.82, 2.24) is 19.8 Å². The van der Waals surface area contributed by atoms with Gasteiger partial charge in [0.05, 0.1) is 17.6 Å². The minimum atomic E-state index is -0.916. The Morgan fingerprint density at radius 3 is 2.77 bits per heavy atom. The van der Waals surface area contributed by atoms with Crippen LogP contribution >= 0.6 is 11.8 Å². The number of thioether (sulfide) groups is 1. The largest absolute Gasteiger partial charge is 0.351 e. The molecule has 1 aromatic heterocycles. The maximum Gasteiger partial charge on any atom is 0.290 e. The summed E-state index contributed by atoms with van der Waals surface area (Å²) in [4.78, 5) is 33.6. The van der Waals surface area contributed by atoms with E-state index in [-0.39, 0.29) is 17.9 Å². The summed E-state index contributed by atoms with van der Waals surface area (Å²) in [6, 6.07) is 8.02. The summed E-state index contributed by atoms with van der Waals surface area (Å²) in [7, 11) is 0. The Balaban J connectivity index is 1.61. The maximum atomic E-state index is 13.6. The van der Waals surface area contributed by atoms with E-state index in [9.17, 15) is 9.59 Å². The summed E-state index contributed by atoms with van der Waals surface area (Å²) < 4.78 is 1.94. The highest BCUT2D eigenvalue weighted by Crippen LogP contribution is 2.31. The summed E-state index contributed by atoms with van der Waals surface area (Å²) in [6.07, 6.45) is 7.66. The predicted molar refractivity (Wildman–Crippen MR) is 126 cm³/mol. The van der Waals surface area contributed by atoms with Crippen molar-refractivity contribution in [3.63, 3.8) is 0 Å². The molecule has 1 N–H and O–H groups in total. The number of rotatable bonds is 8. The third kappa shape index (κ3) is 4.47. The highest BCUT2D eigenvalue weighted by molar-refractivity contribution is 7.99. The molecule has 2 heterocycles. The normalized spacial score (nSPS) is 22.0. The Hall–Kier alpha value is -2.02. The summed E-state index contributed by atoms with van der Waals surface area (Å²) >= 11 is 1.91. The zero-order chi connectivity index (χ0) is 21.8. The molecule has 0 radical (unpaired) electrons. The van der Waals surface area contributed by atoms with E-state index >= 15 is 0 Å². The fraction of sp³-hybridized carbons (Fsp3) is 0.625. The van der Waals surface area contributed by atoms with Crippen LogP contribution in [0.25, 0.3) is 11.0 Å². The van der Waals surface area contributed by atoms with Gasteiger partial charge in [-0.15, -0.1) is 0 Å². The van der Waals surface area contributed by atoms with E-state index in [1.165, 1.54) is 6.42 Å². The summed E-state index contributed by atoms with van der Waals surface area (Å²) in [5, 5.41) is 3.29. The van der Waals surface area contributed by atoms with Crippen molar-refractivity contribution in [2.45, 2.75) is 76.9 Å². The number of imidazole rings is 1. The lowest BCUT2D eigenvalue weighted by atomic mass is 9.91. The number of hydrogen-bond acceptors (Lipinski definition) is 4. The molecule has 2 amide bonds. The Kier molecular flexibility index (Phi) is 6.89. The molecule has 1 unspecified atom stereocenters. The highest BCUT2D eigenvalue weighted by atomic mass is 32.2. The second kappa shape index (κ2) is 9.63. The molecule has 2 aromatic rings. The first kappa shape index (κ1) is 22.2. The van der Waals surface area contributed by atoms with E-state index in [0.717, 1.165) is 61.1 Å². The van der Waals surface area contributed by atoms with E-state index in [1.54, 1.807) is 4.90 Å². The van der Waals surface area contributed by atoms with Crippen LogP contribution in [0, 0.1) is 0 Å². The average Bonchev–Trinajstić information content (AvgIpc) is 3.15. The Morgan fingerprint density at radius 2 is 2.00 bits per heavy atom. The number of nitrogens with one attached hydrogen (secondary N) is 1. The molecular weight excluding hydrogens is 408 g/mol. The predicted octanol–water partition coefficient (Wildman–Crippen LogP) is 4.23. The van der Waals surface area contributed by atoms with Crippen LogP contribution in [0.5, 0.6) is 0 Å². The van der Waals surface area contributed by atoms with Gasteiger partial charge in [0.15, 0.2) is 5.82 Å². The third-order valence-electron chi connectivity index (χ3n) is 6.60. The van der Waals surface area contributed by atoms with Crippen LogP contribution in [-0.2, 0) is 11.3 Å². The Labute approximate surface area is 189 Å². The molecule has 0 spiro atoms. The first-order valence-corrected chi connectivity index (χ1v) is 12.9. The van der Waals surface area contributed by atoms with Crippen LogP contribution in [0.3, 0.4) is 0 Å². The molecule has 7 heteroatoms. The first-order valence-electron chi connectivity index (χ1n) is 11.7. The van der Waals surface area contributed by atoms with E-state index in [1.807, 2.05) is 47.5 Å². The lowest BCUT2D eigenvalue weighted by molar-refractivity contribution is -0.133. The van der Waals surface area contributed by atoms with Gasteiger partial charge in [-0.3, -0.25) is 9.59 Å². The summed E-state index contributed by atoms with van der Waals surface area (Å²) in [5.41, 5.74) is 0.808. The molecule has 6 nitrogen and oxygen atoms in total. The van der Waals surface area contributed by atoms with Crippen LogP contribution in [0.15, 0.2) is 24.3 Å². The van der Waals surface area contributed by atoms with Gasteiger partial charge in [-0.2, -0.15) is 11.8 Å². The lowest BCUT2D eigenvalue weighted by Gasteiger charge is -2.44. The molecule has 4 rings (SSSR count). The van der Waals surface area contributed by atoms with Crippen molar-refractivity contribution in [1.29, 1.82) is 0 Å². The monoisotopic (exact) mass is 442 g/mol. The number of carbonyl (C=O) groups is 2. The molecule has 2 aliphatic rings. The first-order chi connectivity index (χ1) is 15.0. The smallest absolute Gasteiger partial charge is 0.290 e. The van der Waals surface area contributed by atoms with Crippen molar-refractivity contribution in [2.75, 3.05) is 18.1 Å². The van der Waals surface area contributed by atoms with Crippen LogP contribution in [0.1, 0.15) is 69.4 Å². The van der Waals surface area contributed by atoms with Crippen LogP contribution in [0.4, 0.5) is 0 Å². The third-order valence-corrected chi connectivity index (χ3v) is 7.88. The minimum absolute atomic E-state index is 0.0302. The van der Waals surface area contributed by atoms with Gasteiger partial charge >= 0.3 is 0 Å². The molecule has 1 aromatic carbocycles. The molecule has 1 aliphatic carbocycles. The second-order valence-corrected chi connectivity index (χ2v) is 10.2. The topological polar surface area (TPSA) is 67.2 Å². The fourth-order valence-electron chi connectivity index (χ4n) is 4.84. The zero-order valence-electron chi connectivity index (χ0n) is 18.7. The number of fused-ring (bicyclic) bond motifs is 3. The molecular formula is C24H34N4O2S. The van der Waals surface area contributed by atoms with Crippen LogP contribution in [0.2, 0.25) is 0 Å². The van der Waals surface area contributed by atoms with E-state index < -0.39 is 5.54 Å². The molecule has 31 heavy (non-hydrogen) atoms. The SMILES string of the molecule is CCCSCCCN1C(=O)c2nc3ccccc3n2CC1(C)C(=O)NC1CCCCC1. The second-order valence-electron chi connectivity index (χ2n) is 9.02. The number of aromatic nitrogens is 2. The molecule has 0 saturated heterocycles. The van der Waals surface area contributed by atoms with E-state index in [0.29, 0.717) is 18.9 Å². The standard InChI is InChI=1S/C24H34N4O2S/c1-3-15-31-16-9-14-28-22(29)21-26-19-12-7-8-13-20(19)27(21)17-24(28,2)23(30)25-18-10-5-4-6-11-18/h7-8,12-13,18H,3-6,9-11,14-17H2,1-2H3,(H,25,30). The average molecular weight is 443 g/mol. The summed E-state index contributed by atoms with van der Waals surface area (Å²) in [6.45, 7) is 5.13. The number of carbonyl (C=O) groups excluding carboxylic acids is 2. The molecule has 1 fully saturated rings. The molecule has 1 atom stereocenters. The Morgan fingerprint density at radius 1 is 1.23 bits per heavy atom. The van der Waals surface area contributed by atoms with Gasteiger partial charge < -0.3 is 14.8 Å². The molecule has 0 bridgehead atoms. The van der Waals surface area contributed by atoms with Gasteiger partial charge in [-0.1, -0.05) is 38.3 Å². The molecule has 1 aliphatic heterocycles. The number of hydrogen-bond donors (Lipinski definition) is 1. The van der Waals surface area contributed by atoms with Gasteiger partial charge in [0.25, 0.3) is 5.91 Å². The van der Waals surface area contributed by atoms with Gasteiger partial charge in [0.2, 0.25) is 5.91 Å². The quantitative estimate of drug-likeness (QED) is 0.621. The lowest BCUT2D eigenvalue weighted by Crippen LogP contribution is -2.65. The number of nitrogens with zero attached hydrogens (tertiary/aromatic N) is 3. The van der Waals surface area contributed by atoms with Gasteiger partial charge in [0, 0.05) is 12.6 Å². The van der Waals surface area contributed by atoms with Crippen molar-refractivity contribution < 1.29 is 9.59 Å². The van der Waals surface area contributed by atoms with Crippen molar-refractivity contribution >= 4 is 34.6 Å². The van der Waals surface area contributed by atoms with Gasteiger partial charge in [-0.25, -0.2) is 4.98 Å². The number of benzene rings is 1. The van der Waals surface area contributed by atoms with Gasteiger partial charge in [0.1, 0.15) is 5.54 Å². The highest BCUT2D eigenvalue weighted by Gasteiger charge is 2.48. The molecule has 1 saturated carbocycles. The number of para-hydroxylation sites is 2.